The summed E-state index contributed by atoms with van der Waals surface area (Å²) in [5.74, 6) is 0.876. The molecule has 8 heteroatoms. The van der Waals surface area contributed by atoms with Crippen molar-refractivity contribution in [1.29, 1.82) is 0 Å². The third-order valence-electron chi connectivity index (χ3n) is 4.69. The third kappa shape index (κ3) is 3.71. The lowest BCUT2D eigenvalue weighted by atomic mass is 10.1. The summed E-state index contributed by atoms with van der Waals surface area (Å²) in [6.07, 6.45) is 0. The van der Waals surface area contributed by atoms with Gasteiger partial charge in [-0.1, -0.05) is 23.9 Å². The first-order valence-corrected chi connectivity index (χ1v) is 9.89. The van der Waals surface area contributed by atoms with Gasteiger partial charge >= 0.3 is 0 Å². The molecule has 0 atom stereocenters. The van der Waals surface area contributed by atoms with Crippen LogP contribution in [0, 0.1) is 6.92 Å². The minimum absolute atomic E-state index is 0.185. The normalized spacial score (nSPS) is 13.9. The maximum atomic E-state index is 12.8. The number of ether oxygens (including phenoxy) is 1. The van der Waals surface area contributed by atoms with E-state index in [9.17, 15) is 14.4 Å². The molecule has 0 saturated carbocycles. The number of carbonyl (C=O) groups is 3. The lowest BCUT2D eigenvalue weighted by Crippen LogP contribution is -2.27. The number of rotatable bonds is 5. The quantitative estimate of drug-likeness (QED) is 0.678. The first kappa shape index (κ1) is 19.1. The van der Waals surface area contributed by atoms with Gasteiger partial charge in [0.25, 0.3) is 11.1 Å². The monoisotopic (exact) mass is 410 g/mol. The van der Waals surface area contributed by atoms with Crippen LogP contribution in [0.2, 0.25) is 0 Å². The number of thioether (sulfide) groups is 1. The molecule has 1 fully saturated rings. The highest BCUT2D eigenvalue weighted by Crippen LogP contribution is 2.30. The summed E-state index contributed by atoms with van der Waals surface area (Å²) >= 11 is 1.01. The minimum Gasteiger partial charge on any atom is -0.497 e. The van der Waals surface area contributed by atoms with Gasteiger partial charge in [-0.25, -0.2) is 0 Å². The standard InChI is InChI=1S/C21H18N2O5S/c1-12-19(16-9-15(27-2)7-8-17(16)28-12)20(25)22-14-5-3-13(4-6-14)10-23-18(24)11-29-21(23)26/h3-9H,10-11H2,1-2H3,(H,22,25). The van der Waals surface area contributed by atoms with Gasteiger partial charge in [0, 0.05) is 11.1 Å². The SMILES string of the molecule is COc1ccc2oc(C)c(C(=O)Nc3ccc(CN4C(=O)CSC4=O)cc3)c2c1. The highest BCUT2D eigenvalue weighted by atomic mass is 32.2. The minimum atomic E-state index is -0.288. The lowest BCUT2D eigenvalue weighted by molar-refractivity contribution is -0.125. The molecular formula is C21H18N2O5S. The number of imide groups is 1. The number of amides is 3. The van der Waals surface area contributed by atoms with Crippen molar-refractivity contribution < 1.29 is 23.5 Å². The van der Waals surface area contributed by atoms with E-state index in [0.717, 1.165) is 17.3 Å². The van der Waals surface area contributed by atoms with E-state index in [1.807, 2.05) is 0 Å². The molecule has 29 heavy (non-hydrogen) atoms. The maximum absolute atomic E-state index is 12.8. The third-order valence-corrected chi connectivity index (χ3v) is 5.55. The highest BCUT2D eigenvalue weighted by Gasteiger charge is 2.29. The smallest absolute Gasteiger partial charge is 0.289 e. The van der Waals surface area contributed by atoms with E-state index in [2.05, 4.69) is 5.32 Å². The molecule has 1 saturated heterocycles. The molecule has 148 valence electrons. The molecule has 0 bridgehead atoms. The van der Waals surface area contributed by atoms with Crippen LogP contribution in [0.5, 0.6) is 5.75 Å². The number of carbonyl (C=O) groups excluding carboxylic acids is 3. The number of nitrogens with zero attached hydrogens (tertiary/aromatic N) is 1. The van der Waals surface area contributed by atoms with Gasteiger partial charge in [0.05, 0.1) is 25.0 Å². The van der Waals surface area contributed by atoms with Crippen molar-refractivity contribution in [2.45, 2.75) is 13.5 Å². The fourth-order valence-corrected chi connectivity index (χ4v) is 3.94. The summed E-state index contributed by atoms with van der Waals surface area (Å²) in [6.45, 7) is 1.97. The summed E-state index contributed by atoms with van der Waals surface area (Å²) < 4.78 is 10.9. The second-order valence-corrected chi connectivity index (χ2v) is 7.51. The molecule has 0 aliphatic carbocycles. The molecule has 3 aromatic rings. The Bertz CT molecular complexity index is 1100. The Hall–Kier alpha value is -3.26. The van der Waals surface area contributed by atoms with Crippen LogP contribution >= 0.6 is 11.8 Å². The van der Waals surface area contributed by atoms with E-state index in [1.165, 1.54) is 4.90 Å². The number of anilines is 1. The molecule has 2 aromatic carbocycles. The molecule has 1 N–H and O–H groups in total. The summed E-state index contributed by atoms with van der Waals surface area (Å²) in [7, 11) is 1.57. The molecule has 0 unspecified atom stereocenters. The number of fused-ring (bicyclic) bond motifs is 1. The number of benzene rings is 2. The predicted molar refractivity (Wildman–Crippen MR) is 110 cm³/mol. The molecule has 1 aromatic heterocycles. The molecule has 2 heterocycles. The van der Waals surface area contributed by atoms with Crippen LogP contribution in [0.15, 0.2) is 46.9 Å². The van der Waals surface area contributed by atoms with Gasteiger partial charge in [0.15, 0.2) is 0 Å². The molecule has 7 nitrogen and oxygen atoms in total. The van der Waals surface area contributed by atoms with Crippen molar-refractivity contribution >= 4 is 45.5 Å². The fraction of sp³-hybridized carbons (Fsp3) is 0.190. The van der Waals surface area contributed by atoms with E-state index in [4.69, 9.17) is 9.15 Å². The molecule has 4 rings (SSSR count). The number of hydrogen-bond donors (Lipinski definition) is 1. The Labute approximate surface area is 171 Å². The summed E-state index contributed by atoms with van der Waals surface area (Å²) in [5, 5.41) is 3.31. The van der Waals surface area contributed by atoms with Crippen LogP contribution in [-0.4, -0.2) is 34.8 Å². The Morgan fingerprint density at radius 1 is 1.21 bits per heavy atom. The predicted octanol–water partition coefficient (Wildman–Crippen LogP) is 4.20. The van der Waals surface area contributed by atoms with Crippen LogP contribution in [0.25, 0.3) is 11.0 Å². The van der Waals surface area contributed by atoms with Crippen LogP contribution in [0.3, 0.4) is 0 Å². The molecular weight excluding hydrogens is 392 g/mol. The first-order valence-electron chi connectivity index (χ1n) is 8.91. The average Bonchev–Trinajstić information content (AvgIpc) is 3.21. The second kappa shape index (κ2) is 7.63. The lowest BCUT2D eigenvalue weighted by Gasteiger charge is -2.13. The molecule has 1 aliphatic heterocycles. The second-order valence-electron chi connectivity index (χ2n) is 6.58. The summed E-state index contributed by atoms with van der Waals surface area (Å²) in [5.41, 5.74) is 2.47. The maximum Gasteiger partial charge on any atom is 0.289 e. The van der Waals surface area contributed by atoms with Crippen molar-refractivity contribution in [1.82, 2.24) is 4.90 Å². The fourth-order valence-electron chi connectivity index (χ4n) is 3.21. The molecule has 0 radical (unpaired) electrons. The van der Waals surface area contributed by atoms with Gasteiger partial charge in [-0.3, -0.25) is 19.3 Å². The van der Waals surface area contributed by atoms with Gasteiger partial charge < -0.3 is 14.5 Å². The van der Waals surface area contributed by atoms with Crippen LogP contribution in [0.1, 0.15) is 21.7 Å². The van der Waals surface area contributed by atoms with Crippen molar-refractivity contribution in [3.63, 3.8) is 0 Å². The molecule has 3 amide bonds. The number of aryl methyl sites for hydroxylation is 1. The largest absolute Gasteiger partial charge is 0.497 e. The van der Waals surface area contributed by atoms with Crippen molar-refractivity contribution in [3.8, 4) is 5.75 Å². The summed E-state index contributed by atoms with van der Waals surface area (Å²) in [4.78, 5) is 37.5. The van der Waals surface area contributed by atoms with E-state index in [0.29, 0.717) is 33.7 Å². The van der Waals surface area contributed by atoms with Gasteiger partial charge in [-0.15, -0.1) is 0 Å². The van der Waals surface area contributed by atoms with Gasteiger partial charge in [-0.05, 0) is 42.8 Å². The van der Waals surface area contributed by atoms with Crippen LogP contribution in [-0.2, 0) is 11.3 Å². The Morgan fingerprint density at radius 3 is 2.62 bits per heavy atom. The zero-order valence-electron chi connectivity index (χ0n) is 15.9. The number of hydrogen-bond acceptors (Lipinski definition) is 6. The first-order chi connectivity index (χ1) is 14.0. The van der Waals surface area contributed by atoms with Gasteiger partial charge in [-0.2, -0.15) is 0 Å². The van der Waals surface area contributed by atoms with E-state index >= 15 is 0 Å². The van der Waals surface area contributed by atoms with Crippen LogP contribution < -0.4 is 10.1 Å². The van der Waals surface area contributed by atoms with Crippen molar-refractivity contribution in [2.75, 3.05) is 18.2 Å². The van der Waals surface area contributed by atoms with Crippen molar-refractivity contribution in [3.05, 3.63) is 59.4 Å². The average molecular weight is 410 g/mol. The van der Waals surface area contributed by atoms with E-state index < -0.39 is 0 Å². The Balaban J connectivity index is 1.52. The summed E-state index contributed by atoms with van der Waals surface area (Å²) in [6, 6.07) is 12.4. The number of methoxy groups -OCH3 is 1. The molecule has 1 aliphatic rings. The Morgan fingerprint density at radius 2 is 1.97 bits per heavy atom. The number of furan rings is 1. The van der Waals surface area contributed by atoms with Crippen LogP contribution in [0.4, 0.5) is 10.5 Å². The zero-order valence-corrected chi connectivity index (χ0v) is 16.7. The molecule has 0 spiro atoms. The highest BCUT2D eigenvalue weighted by molar-refractivity contribution is 8.14. The van der Waals surface area contributed by atoms with Crippen molar-refractivity contribution in [2.24, 2.45) is 0 Å². The van der Waals surface area contributed by atoms with E-state index in [-0.39, 0.29) is 29.4 Å². The van der Waals surface area contributed by atoms with E-state index in [1.54, 1.807) is 56.5 Å². The van der Waals surface area contributed by atoms with Gasteiger partial charge in [0.2, 0.25) is 5.91 Å². The zero-order chi connectivity index (χ0) is 20.5. The van der Waals surface area contributed by atoms with Gasteiger partial charge in [0.1, 0.15) is 17.1 Å². The number of nitrogens with one attached hydrogen (secondary N) is 1. The Kier molecular flexibility index (Phi) is 5.02. The topological polar surface area (TPSA) is 88.8 Å².